The first-order chi connectivity index (χ1) is 10.0. The summed E-state index contributed by atoms with van der Waals surface area (Å²) in [6.45, 7) is 6.53. The van der Waals surface area contributed by atoms with Crippen molar-refractivity contribution >= 4 is 17.7 Å². The second-order valence-electron chi connectivity index (χ2n) is 4.38. The Bertz CT molecular complexity index is 528. The molecule has 0 aliphatic carbocycles. The zero-order chi connectivity index (χ0) is 15.8. The van der Waals surface area contributed by atoms with Crippen molar-refractivity contribution in [2.75, 3.05) is 25.5 Å². The fourth-order valence-corrected chi connectivity index (χ4v) is 1.83. The van der Waals surface area contributed by atoms with Crippen molar-refractivity contribution < 1.29 is 19.4 Å². The van der Waals surface area contributed by atoms with E-state index in [0.717, 1.165) is 6.42 Å². The van der Waals surface area contributed by atoms with Crippen LogP contribution >= 0.6 is 0 Å². The third-order valence-electron chi connectivity index (χ3n) is 2.83. The summed E-state index contributed by atoms with van der Waals surface area (Å²) in [6, 6.07) is 4.12. The Hall–Kier alpha value is -2.50. The van der Waals surface area contributed by atoms with Gasteiger partial charge in [0.25, 0.3) is 0 Å². The molecule has 2 N–H and O–H groups in total. The van der Waals surface area contributed by atoms with Gasteiger partial charge in [-0.25, -0.2) is 9.59 Å². The smallest absolute Gasteiger partial charge is 0.337 e. The number of carboxylic acids is 1. The molecular formula is C15H20N2O4. The SMILES string of the molecule is C=CCN(CCC)C(=O)Nc1ccc(OC)cc1C(=O)O. The third kappa shape index (κ3) is 4.52. The number of carbonyl (C=O) groups excluding carboxylic acids is 1. The molecular weight excluding hydrogens is 272 g/mol. The topological polar surface area (TPSA) is 78.9 Å². The van der Waals surface area contributed by atoms with Gasteiger partial charge < -0.3 is 20.1 Å². The lowest BCUT2D eigenvalue weighted by molar-refractivity contribution is 0.0697. The minimum absolute atomic E-state index is 0.0160. The summed E-state index contributed by atoms with van der Waals surface area (Å²) >= 11 is 0. The van der Waals surface area contributed by atoms with E-state index >= 15 is 0 Å². The monoisotopic (exact) mass is 292 g/mol. The molecule has 0 saturated heterocycles. The summed E-state index contributed by atoms with van der Waals surface area (Å²) in [6.07, 6.45) is 2.43. The molecule has 0 fully saturated rings. The highest BCUT2D eigenvalue weighted by atomic mass is 16.5. The molecule has 6 nitrogen and oxygen atoms in total. The van der Waals surface area contributed by atoms with E-state index < -0.39 is 5.97 Å². The first-order valence-electron chi connectivity index (χ1n) is 6.61. The second-order valence-corrected chi connectivity index (χ2v) is 4.38. The number of urea groups is 1. The van der Waals surface area contributed by atoms with Gasteiger partial charge in [0.15, 0.2) is 0 Å². The van der Waals surface area contributed by atoms with E-state index in [1.165, 1.54) is 19.2 Å². The van der Waals surface area contributed by atoms with E-state index in [1.54, 1.807) is 17.0 Å². The minimum Gasteiger partial charge on any atom is -0.497 e. The number of hydrogen-bond acceptors (Lipinski definition) is 3. The van der Waals surface area contributed by atoms with E-state index in [0.29, 0.717) is 18.8 Å². The van der Waals surface area contributed by atoms with Gasteiger partial charge in [0.1, 0.15) is 5.75 Å². The summed E-state index contributed by atoms with van der Waals surface area (Å²) in [5, 5.41) is 11.8. The molecule has 0 unspecified atom stereocenters. The van der Waals surface area contributed by atoms with Crippen molar-refractivity contribution in [1.29, 1.82) is 0 Å². The van der Waals surface area contributed by atoms with Crippen LogP contribution in [0, 0.1) is 0 Å². The maximum absolute atomic E-state index is 12.2. The number of nitrogens with one attached hydrogen (secondary N) is 1. The molecule has 1 rings (SSSR count). The Kier molecular flexibility index (Phi) is 6.26. The Morgan fingerprint density at radius 1 is 1.48 bits per heavy atom. The lowest BCUT2D eigenvalue weighted by Gasteiger charge is -2.21. The molecule has 0 bridgehead atoms. The maximum Gasteiger partial charge on any atom is 0.337 e. The number of benzene rings is 1. The highest BCUT2D eigenvalue weighted by Gasteiger charge is 2.16. The van der Waals surface area contributed by atoms with Crippen molar-refractivity contribution in [1.82, 2.24) is 4.90 Å². The lowest BCUT2D eigenvalue weighted by Crippen LogP contribution is -2.36. The highest BCUT2D eigenvalue weighted by molar-refractivity contribution is 6.00. The van der Waals surface area contributed by atoms with Gasteiger partial charge in [0, 0.05) is 13.1 Å². The van der Waals surface area contributed by atoms with E-state index in [2.05, 4.69) is 11.9 Å². The number of aromatic carboxylic acids is 1. The maximum atomic E-state index is 12.2. The molecule has 0 saturated carbocycles. The summed E-state index contributed by atoms with van der Waals surface area (Å²) in [4.78, 5) is 25.0. The fraction of sp³-hybridized carbons (Fsp3) is 0.333. The number of methoxy groups -OCH3 is 1. The van der Waals surface area contributed by atoms with Crippen LogP contribution in [-0.4, -0.2) is 42.2 Å². The summed E-state index contributed by atoms with van der Waals surface area (Å²) in [7, 11) is 1.45. The largest absolute Gasteiger partial charge is 0.497 e. The molecule has 1 aromatic carbocycles. The van der Waals surface area contributed by atoms with Gasteiger partial charge >= 0.3 is 12.0 Å². The molecule has 0 atom stereocenters. The number of carbonyl (C=O) groups is 2. The first-order valence-corrected chi connectivity index (χ1v) is 6.61. The first kappa shape index (κ1) is 16.6. The van der Waals surface area contributed by atoms with Crippen molar-refractivity contribution in [2.24, 2.45) is 0 Å². The Balaban J connectivity index is 2.97. The van der Waals surface area contributed by atoms with E-state index in [4.69, 9.17) is 4.74 Å². The molecule has 21 heavy (non-hydrogen) atoms. The number of amides is 2. The van der Waals surface area contributed by atoms with Gasteiger partial charge in [-0.1, -0.05) is 13.0 Å². The predicted molar refractivity (Wildman–Crippen MR) is 81.0 cm³/mol. The molecule has 6 heteroatoms. The van der Waals surface area contributed by atoms with E-state index in [1.807, 2.05) is 6.92 Å². The van der Waals surface area contributed by atoms with Gasteiger partial charge in [0.2, 0.25) is 0 Å². The van der Waals surface area contributed by atoms with Crippen LogP contribution in [0.3, 0.4) is 0 Å². The summed E-state index contributed by atoms with van der Waals surface area (Å²) in [5.74, 6) is -0.711. The molecule has 0 heterocycles. The standard InChI is InChI=1S/C15H20N2O4/c1-4-8-17(9-5-2)15(20)16-13-7-6-11(21-3)10-12(13)14(18)19/h4,6-7,10H,1,5,8-9H2,2-3H3,(H,16,20)(H,18,19). The Morgan fingerprint density at radius 2 is 2.19 bits per heavy atom. The van der Waals surface area contributed by atoms with Crippen molar-refractivity contribution in [2.45, 2.75) is 13.3 Å². The summed E-state index contributed by atoms with van der Waals surface area (Å²) < 4.78 is 4.99. The molecule has 114 valence electrons. The van der Waals surface area contributed by atoms with Crippen LogP contribution in [0.15, 0.2) is 30.9 Å². The second kappa shape index (κ2) is 7.94. The Morgan fingerprint density at radius 3 is 2.71 bits per heavy atom. The van der Waals surface area contributed by atoms with Crippen LogP contribution in [0.2, 0.25) is 0 Å². The minimum atomic E-state index is -1.13. The van der Waals surface area contributed by atoms with Crippen LogP contribution in [0.5, 0.6) is 5.75 Å². The quantitative estimate of drug-likeness (QED) is 0.757. The molecule has 0 spiro atoms. The number of carboxylic acid groups (broad SMARTS) is 1. The van der Waals surface area contributed by atoms with Gasteiger partial charge in [0.05, 0.1) is 18.4 Å². The zero-order valence-corrected chi connectivity index (χ0v) is 12.3. The van der Waals surface area contributed by atoms with E-state index in [-0.39, 0.29) is 17.3 Å². The van der Waals surface area contributed by atoms with Crippen LogP contribution in [-0.2, 0) is 0 Å². The van der Waals surface area contributed by atoms with Gasteiger partial charge in [-0.15, -0.1) is 6.58 Å². The fourth-order valence-electron chi connectivity index (χ4n) is 1.83. The number of nitrogens with zero attached hydrogens (tertiary/aromatic N) is 1. The van der Waals surface area contributed by atoms with Gasteiger partial charge in [-0.05, 0) is 24.6 Å². The predicted octanol–water partition coefficient (Wildman–Crippen LogP) is 2.82. The van der Waals surface area contributed by atoms with Gasteiger partial charge in [-0.3, -0.25) is 0 Å². The number of rotatable bonds is 7. The van der Waals surface area contributed by atoms with Crippen molar-refractivity contribution in [3.63, 3.8) is 0 Å². The molecule has 0 radical (unpaired) electrons. The Labute approximate surface area is 124 Å². The zero-order valence-electron chi connectivity index (χ0n) is 12.3. The highest BCUT2D eigenvalue weighted by Crippen LogP contribution is 2.22. The average Bonchev–Trinajstić information content (AvgIpc) is 2.47. The van der Waals surface area contributed by atoms with Crippen molar-refractivity contribution in [3.05, 3.63) is 36.4 Å². The van der Waals surface area contributed by atoms with Crippen LogP contribution in [0.25, 0.3) is 0 Å². The lowest BCUT2D eigenvalue weighted by atomic mass is 10.1. The molecule has 0 aromatic heterocycles. The molecule has 0 aliphatic heterocycles. The van der Waals surface area contributed by atoms with Crippen LogP contribution in [0.4, 0.5) is 10.5 Å². The van der Waals surface area contributed by atoms with Crippen LogP contribution < -0.4 is 10.1 Å². The molecule has 2 amide bonds. The van der Waals surface area contributed by atoms with Crippen LogP contribution in [0.1, 0.15) is 23.7 Å². The number of hydrogen-bond donors (Lipinski definition) is 2. The average molecular weight is 292 g/mol. The third-order valence-corrected chi connectivity index (χ3v) is 2.83. The number of anilines is 1. The summed E-state index contributed by atoms with van der Waals surface area (Å²) in [5.41, 5.74) is 0.219. The molecule has 0 aliphatic rings. The normalized spacial score (nSPS) is 9.81. The van der Waals surface area contributed by atoms with Gasteiger partial charge in [-0.2, -0.15) is 0 Å². The molecule has 1 aromatic rings. The van der Waals surface area contributed by atoms with E-state index in [9.17, 15) is 14.7 Å². The van der Waals surface area contributed by atoms with Crippen molar-refractivity contribution in [3.8, 4) is 5.75 Å². The number of ether oxygens (including phenoxy) is 1.